The molecule has 0 spiro atoms. The maximum Gasteiger partial charge on any atom is 0.237 e. The lowest BCUT2D eigenvalue weighted by Crippen LogP contribution is -2.45. The van der Waals surface area contributed by atoms with Crippen LogP contribution in [0.3, 0.4) is 0 Å². The number of hydrogen-bond donors (Lipinski definition) is 1. The Balaban J connectivity index is 2.18. The van der Waals surface area contributed by atoms with Gasteiger partial charge in [-0.2, -0.15) is 0 Å². The Hall–Kier alpha value is -1.43. The van der Waals surface area contributed by atoms with E-state index in [4.69, 9.17) is 0 Å². The monoisotopic (exact) mass is 307 g/mol. The smallest absolute Gasteiger partial charge is 0.237 e. The molecule has 1 saturated heterocycles. The van der Waals surface area contributed by atoms with Gasteiger partial charge in [-0.15, -0.1) is 10.2 Å². The Kier molecular flexibility index (Phi) is 5.94. The van der Waals surface area contributed by atoms with Crippen LogP contribution in [0.1, 0.15) is 51.7 Å². The van der Waals surface area contributed by atoms with Crippen LogP contribution in [0, 0.1) is 12.8 Å². The zero-order chi connectivity index (χ0) is 16.1. The molecule has 1 aromatic heterocycles. The third-order valence-corrected chi connectivity index (χ3v) is 4.16. The summed E-state index contributed by atoms with van der Waals surface area (Å²) in [6.45, 7) is 11.8. The summed E-state index contributed by atoms with van der Waals surface area (Å²) in [6.07, 6.45) is 2.93. The fraction of sp³-hybridized carbons (Fsp3) is 0.812. The van der Waals surface area contributed by atoms with Gasteiger partial charge in [0.1, 0.15) is 11.6 Å². The van der Waals surface area contributed by atoms with Crippen molar-refractivity contribution in [1.29, 1.82) is 0 Å². The Morgan fingerprint density at radius 2 is 2.14 bits per heavy atom. The van der Waals surface area contributed by atoms with Crippen molar-refractivity contribution in [3.05, 3.63) is 11.6 Å². The summed E-state index contributed by atoms with van der Waals surface area (Å²) in [6, 6.07) is -0.0606. The lowest BCUT2D eigenvalue weighted by Gasteiger charge is -2.29. The van der Waals surface area contributed by atoms with Gasteiger partial charge in [-0.25, -0.2) is 0 Å². The molecular formula is C16H29N5O. The molecule has 0 saturated carbocycles. The minimum absolute atomic E-state index is 0.0606. The standard InChI is InChI=1S/C16H29N5O/c1-5-8-21-13(4)18-19-15(21)11-20-9-6-7-17-16(22)14(20)10-12(2)3/h12,14H,5-11H2,1-4H3,(H,17,22). The van der Waals surface area contributed by atoms with Gasteiger partial charge in [0, 0.05) is 19.6 Å². The maximum atomic E-state index is 12.4. The van der Waals surface area contributed by atoms with E-state index < -0.39 is 0 Å². The van der Waals surface area contributed by atoms with E-state index in [1.165, 1.54) is 0 Å². The lowest BCUT2D eigenvalue weighted by molar-refractivity contribution is -0.126. The first kappa shape index (κ1) is 16.9. The van der Waals surface area contributed by atoms with E-state index in [1.54, 1.807) is 0 Å². The van der Waals surface area contributed by atoms with E-state index in [2.05, 4.69) is 45.8 Å². The van der Waals surface area contributed by atoms with E-state index in [9.17, 15) is 4.79 Å². The van der Waals surface area contributed by atoms with E-state index in [0.717, 1.165) is 50.5 Å². The van der Waals surface area contributed by atoms with Gasteiger partial charge >= 0.3 is 0 Å². The van der Waals surface area contributed by atoms with Crippen LogP contribution in [0.2, 0.25) is 0 Å². The summed E-state index contributed by atoms with van der Waals surface area (Å²) in [7, 11) is 0. The topological polar surface area (TPSA) is 63.1 Å². The van der Waals surface area contributed by atoms with Crippen LogP contribution in [0.25, 0.3) is 0 Å². The highest BCUT2D eigenvalue weighted by atomic mass is 16.2. The normalized spacial score (nSPS) is 20.2. The number of nitrogens with one attached hydrogen (secondary N) is 1. The van der Waals surface area contributed by atoms with Crippen LogP contribution in [-0.2, 0) is 17.9 Å². The Bertz CT molecular complexity index is 497. The van der Waals surface area contributed by atoms with Crippen LogP contribution < -0.4 is 5.32 Å². The third kappa shape index (κ3) is 4.06. The first-order valence-corrected chi connectivity index (χ1v) is 8.43. The number of amides is 1. The van der Waals surface area contributed by atoms with Crippen molar-refractivity contribution in [2.45, 2.75) is 66.1 Å². The minimum Gasteiger partial charge on any atom is -0.355 e. The molecule has 1 unspecified atom stereocenters. The summed E-state index contributed by atoms with van der Waals surface area (Å²) in [4.78, 5) is 14.6. The van der Waals surface area contributed by atoms with E-state index in [0.29, 0.717) is 12.5 Å². The van der Waals surface area contributed by atoms with E-state index in [1.807, 2.05) is 6.92 Å². The molecule has 1 aliphatic heterocycles. The third-order valence-electron chi connectivity index (χ3n) is 4.16. The van der Waals surface area contributed by atoms with Crippen molar-refractivity contribution in [1.82, 2.24) is 25.0 Å². The summed E-state index contributed by atoms with van der Waals surface area (Å²) < 4.78 is 2.18. The number of nitrogens with zero attached hydrogens (tertiary/aromatic N) is 4. The predicted octanol–water partition coefficient (Wildman–Crippen LogP) is 1.73. The molecule has 2 rings (SSSR count). The van der Waals surface area contributed by atoms with Crippen LogP contribution in [0.5, 0.6) is 0 Å². The molecule has 6 heteroatoms. The number of carbonyl (C=O) groups is 1. The Morgan fingerprint density at radius 1 is 1.36 bits per heavy atom. The molecule has 6 nitrogen and oxygen atoms in total. The largest absolute Gasteiger partial charge is 0.355 e. The number of aromatic nitrogens is 3. The lowest BCUT2D eigenvalue weighted by atomic mass is 10.0. The van der Waals surface area contributed by atoms with Gasteiger partial charge in [-0.05, 0) is 32.1 Å². The minimum atomic E-state index is -0.0606. The average molecular weight is 307 g/mol. The highest BCUT2D eigenvalue weighted by Crippen LogP contribution is 2.17. The van der Waals surface area contributed by atoms with Gasteiger partial charge in [-0.3, -0.25) is 9.69 Å². The van der Waals surface area contributed by atoms with Crippen molar-refractivity contribution in [2.75, 3.05) is 13.1 Å². The summed E-state index contributed by atoms with van der Waals surface area (Å²) >= 11 is 0. The summed E-state index contributed by atoms with van der Waals surface area (Å²) in [5, 5.41) is 11.6. The Morgan fingerprint density at radius 3 is 2.82 bits per heavy atom. The molecule has 1 aliphatic rings. The molecule has 1 aromatic rings. The second-order valence-corrected chi connectivity index (χ2v) is 6.58. The molecular weight excluding hydrogens is 278 g/mol. The first-order valence-electron chi connectivity index (χ1n) is 8.43. The molecule has 22 heavy (non-hydrogen) atoms. The fourth-order valence-electron chi connectivity index (χ4n) is 3.06. The second kappa shape index (κ2) is 7.72. The van der Waals surface area contributed by atoms with Crippen molar-refractivity contribution in [3.63, 3.8) is 0 Å². The van der Waals surface area contributed by atoms with Gasteiger partial charge in [0.25, 0.3) is 0 Å². The highest BCUT2D eigenvalue weighted by molar-refractivity contribution is 5.81. The van der Waals surface area contributed by atoms with Crippen LogP contribution in [0.15, 0.2) is 0 Å². The number of hydrogen-bond acceptors (Lipinski definition) is 4. The number of aryl methyl sites for hydroxylation is 1. The molecule has 1 atom stereocenters. The van der Waals surface area contributed by atoms with Crippen molar-refractivity contribution in [2.24, 2.45) is 5.92 Å². The van der Waals surface area contributed by atoms with Gasteiger partial charge < -0.3 is 9.88 Å². The van der Waals surface area contributed by atoms with E-state index in [-0.39, 0.29) is 11.9 Å². The quantitative estimate of drug-likeness (QED) is 0.869. The molecule has 1 N–H and O–H groups in total. The van der Waals surface area contributed by atoms with Gasteiger partial charge in [0.2, 0.25) is 5.91 Å². The molecule has 124 valence electrons. The fourth-order valence-corrected chi connectivity index (χ4v) is 3.06. The molecule has 0 aromatic carbocycles. The molecule has 2 heterocycles. The summed E-state index contributed by atoms with van der Waals surface area (Å²) in [5.41, 5.74) is 0. The van der Waals surface area contributed by atoms with Gasteiger partial charge in [0.05, 0.1) is 12.6 Å². The van der Waals surface area contributed by atoms with Crippen molar-refractivity contribution in [3.8, 4) is 0 Å². The highest BCUT2D eigenvalue weighted by Gasteiger charge is 2.29. The molecule has 0 aliphatic carbocycles. The van der Waals surface area contributed by atoms with E-state index >= 15 is 0 Å². The SMILES string of the molecule is CCCn1c(C)nnc1CN1CCCNC(=O)C1CC(C)C. The number of rotatable bonds is 6. The van der Waals surface area contributed by atoms with Crippen LogP contribution in [0.4, 0.5) is 0 Å². The van der Waals surface area contributed by atoms with Crippen molar-refractivity contribution >= 4 is 5.91 Å². The molecule has 0 radical (unpaired) electrons. The molecule has 1 fully saturated rings. The van der Waals surface area contributed by atoms with Crippen LogP contribution in [-0.4, -0.2) is 44.7 Å². The Labute approximate surface area is 133 Å². The predicted molar refractivity (Wildman–Crippen MR) is 86.3 cm³/mol. The summed E-state index contributed by atoms with van der Waals surface area (Å²) in [5.74, 6) is 2.58. The zero-order valence-corrected chi connectivity index (χ0v) is 14.3. The van der Waals surface area contributed by atoms with Gasteiger partial charge in [-0.1, -0.05) is 20.8 Å². The second-order valence-electron chi connectivity index (χ2n) is 6.58. The van der Waals surface area contributed by atoms with Gasteiger partial charge in [0.15, 0.2) is 0 Å². The average Bonchev–Trinajstić information content (AvgIpc) is 2.71. The molecule has 1 amide bonds. The maximum absolute atomic E-state index is 12.4. The first-order chi connectivity index (χ1) is 10.5. The van der Waals surface area contributed by atoms with Crippen molar-refractivity contribution < 1.29 is 4.79 Å². The zero-order valence-electron chi connectivity index (χ0n) is 14.3. The number of carbonyl (C=O) groups excluding carboxylic acids is 1. The van der Waals surface area contributed by atoms with Crippen LogP contribution >= 0.6 is 0 Å². The molecule has 0 bridgehead atoms.